The van der Waals surface area contributed by atoms with Crippen molar-refractivity contribution in [3.8, 4) is 0 Å². The Kier molecular flexibility index (Phi) is 15.9. The maximum atomic E-state index is 5.05. The van der Waals surface area contributed by atoms with E-state index in [2.05, 4.69) is 91.6 Å². The molecule has 4 rings (SSSR count). The van der Waals surface area contributed by atoms with E-state index in [0.29, 0.717) is 0 Å². The van der Waals surface area contributed by atoms with Gasteiger partial charge in [0.25, 0.3) is 0 Å². The third kappa shape index (κ3) is 13.3. The average molecular weight is 770 g/mol. The molecule has 4 aromatic rings. The van der Waals surface area contributed by atoms with Gasteiger partial charge in [-0.05, 0) is 115 Å². The second-order valence-corrected chi connectivity index (χ2v) is 39.4. The monoisotopic (exact) mass is 766 g/mol. The summed E-state index contributed by atoms with van der Waals surface area (Å²) in [6, 6.07) is 16.6. The molecule has 0 spiro atoms. The van der Waals surface area contributed by atoms with Crippen molar-refractivity contribution in [1.82, 2.24) is 0 Å². The summed E-state index contributed by atoms with van der Waals surface area (Å²) >= 11 is 3.20. The normalized spacial score (nSPS) is 11.6. The van der Waals surface area contributed by atoms with Gasteiger partial charge in [-0.25, -0.2) is 9.13 Å². The molecule has 2 aromatic heterocycles. The molecule has 0 saturated carbocycles. The van der Waals surface area contributed by atoms with E-state index < -0.39 is 10.8 Å². The topological polar surface area (TPSA) is 63.7 Å². The van der Waals surface area contributed by atoms with Gasteiger partial charge in [-0.3, -0.25) is 0 Å². The molecule has 0 radical (unpaired) electrons. The number of aromatic nitrogens is 2. The summed E-state index contributed by atoms with van der Waals surface area (Å²) in [5, 5.41) is 23.5. The first kappa shape index (κ1) is 36.7. The van der Waals surface area contributed by atoms with Crippen LogP contribution < -0.4 is 18.9 Å². The van der Waals surface area contributed by atoms with Crippen LogP contribution in [0.1, 0.15) is 33.1 Å². The van der Waals surface area contributed by atoms with Gasteiger partial charge in [-0.2, -0.15) is 0 Å². The molecule has 0 N–H and O–H groups in total. The molecule has 0 aliphatic heterocycles. The van der Waals surface area contributed by atoms with Crippen LogP contribution >= 0.6 is 61.4 Å². The molecule has 0 aliphatic carbocycles. The van der Waals surface area contributed by atoms with E-state index in [1.54, 1.807) is 22.7 Å². The number of hydrogen-bond acceptors (Lipinski definition) is 8. The Morgan fingerprint density at radius 2 is 0.977 bits per heavy atom. The Labute approximate surface area is 287 Å². The molecule has 0 aliphatic rings. The number of nitrogens with zero attached hydrogens (tertiary/aromatic N) is 8. The fraction of sp³-hybridized carbons (Fsp3) is 0.379. The molecular formula is C29H38Cl4N8S2Zn. The molecular weight excluding hydrogens is 732 g/mol. The maximum absolute atomic E-state index is 5.05. The number of hydrogen-bond donors (Lipinski definition) is 0. The van der Waals surface area contributed by atoms with Gasteiger partial charge in [0.15, 0.2) is 0 Å². The molecule has 236 valence electrons. The molecule has 8 nitrogen and oxygen atoms in total. The molecule has 0 atom stereocenters. The zero-order valence-electron chi connectivity index (χ0n) is 25.5. The molecule has 0 saturated heterocycles. The van der Waals surface area contributed by atoms with E-state index in [1.807, 2.05) is 47.4 Å². The van der Waals surface area contributed by atoms with Crippen LogP contribution in [-0.2, 0) is 23.9 Å². The van der Waals surface area contributed by atoms with Crippen molar-refractivity contribution in [3.05, 3.63) is 71.7 Å². The summed E-state index contributed by atoms with van der Waals surface area (Å²) < 4.78 is 4.18. The SMILES string of the molecule is CC[n+]1ccsc1N=Nc1ccc(N(C)CCCCCN(C)c2ccc(N=Nc3scc[n+]3CC)cc2)cc1.[Cl][Zn-2]([Cl])([Cl])[Cl]. The summed E-state index contributed by atoms with van der Waals surface area (Å²) in [4.78, 5) is 4.61. The van der Waals surface area contributed by atoms with Gasteiger partial charge in [0, 0.05) is 49.3 Å². The summed E-state index contributed by atoms with van der Waals surface area (Å²) in [5.74, 6) is 0. The molecule has 2 heterocycles. The van der Waals surface area contributed by atoms with Crippen LogP contribution in [0, 0.1) is 0 Å². The van der Waals surface area contributed by atoms with Crippen molar-refractivity contribution in [3.63, 3.8) is 0 Å². The zero-order valence-corrected chi connectivity index (χ0v) is 33.1. The number of halogens is 4. The first-order chi connectivity index (χ1) is 21.1. The second kappa shape index (κ2) is 19.1. The average Bonchev–Trinajstić information content (AvgIpc) is 3.67. The Morgan fingerprint density at radius 3 is 1.32 bits per heavy atom. The number of rotatable bonds is 14. The van der Waals surface area contributed by atoms with Crippen LogP contribution in [0.25, 0.3) is 0 Å². The molecule has 44 heavy (non-hydrogen) atoms. The Bertz CT molecular complexity index is 1350. The summed E-state index contributed by atoms with van der Waals surface area (Å²) in [5.41, 5.74) is 4.14. The van der Waals surface area contributed by atoms with Gasteiger partial charge in [0.1, 0.15) is 23.8 Å². The van der Waals surface area contributed by atoms with Gasteiger partial charge in [-0.15, -0.1) is 0 Å². The van der Waals surface area contributed by atoms with Gasteiger partial charge < -0.3 is 9.80 Å². The predicted molar refractivity (Wildman–Crippen MR) is 185 cm³/mol. The summed E-state index contributed by atoms with van der Waals surface area (Å²) in [7, 11) is 21.1. The van der Waals surface area contributed by atoms with Crippen LogP contribution in [0.15, 0.2) is 92.1 Å². The van der Waals surface area contributed by atoms with Gasteiger partial charge >= 0.3 is 59.8 Å². The second-order valence-electron chi connectivity index (χ2n) is 9.89. The summed E-state index contributed by atoms with van der Waals surface area (Å²) in [6.45, 7) is 8.06. The van der Waals surface area contributed by atoms with E-state index in [1.165, 1.54) is 17.8 Å². The first-order valence-electron chi connectivity index (χ1n) is 14.5. The van der Waals surface area contributed by atoms with Crippen LogP contribution in [0.3, 0.4) is 0 Å². The van der Waals surface area contributed by atoms with Crippen LogP contribution in [0.4, 0.5) is 33.0 Å². The van der Waals surface area contributed by atoms with E-state index >= 15 is 0 Å². The first-order valence-corrected chi connectivity index (χ1v) is 31.9. The van der Waals surface area contributed by atoms with Crippen molar-refractivity contribution in [2.75, 3.05) is 37.0 Å². The number of anilines is 2. The van der Waals surface area contributed by atoms with E-state index in [-0.39, 0.29) is 0 Å². The van der Waals surface area contributed by atoms with Crippen LogP contribution in [0.2, 0.25) is 0 Å². The van der Waals surface area contributed by atoms with Crippen LogP contribution in [0.5, 0.6) is 0 Å². The van der Waals surface area contributed by atoms with Crippen molar-refractivity contribution in [1.29, 1.82) is 0 Å². The number of benzene rings is 2. The molecule has 0 bridgehead atoms. The van der Waals surface area contributed by atoms with Crippen molar-refractivity contribution < 1.29 is 19.9 Å². The quantitative estimate of drug-likeness (QED) is 0.0555. The third-order valence-electron chi connectivity index (χ3n) is 6.57. The number of thiazole rings is 2. The zero-order chi connectivity index (χ0) is 32.0. The third-order valence-corrected chi connectivity index (χ3v) is 8.14. The van der Waals surface area contributed by atoms with Gasteiger partial charge in [0.05, 0.1) is 23.3 Å². The fourth-order valence-electron chi connectivity index (χ4n) is 4.12. The standard InChI is InChI=1S/C29H38N8S2.4ClH.Zn/c1-5-36-20-22-38-28(36)32-30-24-10-14-26(15-11-24)34(3)18-8-7-9-19-35(4)27-16-12-25(13-17-27)31-33-29-37(6-2)21-23-39-29;;;;;/h10-17,20-23H,5-9,18-19H2,1-4H3;4*1H;/q+2;;;;;+2/p-4. The van der Waals surface area contributed by atoms with Crippen molar-refractivity contribution >= 4 is 94.5 Å². The molecule has 0 unspecified atom stereocenters. The minimum atomic E-state index is -3.36. The van der Waals surface area contributed by atoms with E-state index in [4.69, 9.17) is 38.8 Å². The number of azo groups is 2. The number of unbranched alkanes of at least 4 members (excludes halogenated alkanes) is 2. The molecule has 15 heteroatoms. The van der Waals surface area contributed by atoms with Gasteiger partial charge in [0.2, 0.25) is 0 Å². The van der Waals surface area contributed by atoms with Crippen LogP contribution in [-0.4, -0.2) is 27.2 Å². The number of aryl methyl sites for hydroxylation is 2. The van der Waals surface area contributed by atoms with Gasteiger partial charge in [-0.1, -0.05) is 0 Å². The molecule has 0 fully saturated rings. The molecule has 2 aromatic carbocycles. The fourth-order valence-corrected chi connectivity index (χ4v) is 5.60. The van der Waals surface area contributed by atoms with Crippen molar-refractivity contribution in [2.45, 2.75) is 46.2 Å². The Balaban J connectivity index is 0.000000978. The Hall–Kier alpha value is -1.72. The summed E-state index contributed by atoms with van der Waals surface area (Å²) in [6.07, 6.45) is 7.57. The van der Waals surface area contributed by atoms with Crippen molar-refractivity contribution in [2.24, 2.45) is 20.5 Å². The van der Waals surface area contributed by atoms with E-state index in [0.717, 1.165) is 60.7 Å². The molecule has 0 amide bonds. The minimum absolute atomic E-state index is 0.870. The predicted octanol–water partition coefficient (Wildman–Crippen LogP) is 10.8. The van der Waals surface area contributed by atoms with E-state index in [9.17, 15) is 0 Å². The Morgan fingerprint density at radius 1 is 0.614 bits per heavy atom.